The lowest BCUT2D eigenvalue weighted by Gasteiger charge is -2.18. The van der Waals surface area contributed by atoms with Crippen LogP contribution in [0.5, 0.6) is 0 Å². The molecule has 1 N–H and O–H groups in total. The van der Waals surface area contributed by atoms with Crippen LogP contribution in [0.2, 0.25) is 10.0 Å². The second kappa shape index (κ2) is 12.1. The van der Waals surface area contributed by atoms with E-state index in [0.717, 1.165) is 18.2 Å². The molecule has 2 rings (SSSR count). The fraction of sp³-hybridized carbons (Fsp3) is 0.333. The van der Waals surface area contributed by atoms with Gasteiger partial charge in [-0.05, 0) is 35.2 Å². The third-order valence-corrected chi connectivity index (χ3v) is 5.62. The number of halogens is 9. The maximum atomic E-state index is 13.7. The van der Waals surface area contributed by atoms with Gasteiger partial charge in [0.1, 0.15) is 6.54 Å². The van der Waals surface area contributed by atoms with Gasteiger partial charge in [-0.2, -0.15) is 26.3 Å². The number of nitrogens with one attached hydrogen (secondary N) is 1. The highest BCUT2D eigenvalue weighted by Gasteiger charge is 2.39. The molecule has 1 unspecified atom stereocenters. The molecule has 0 spiro atoms. The monoisotopic (exact) mass is 557 g/mol. The zero-order chi connectivity index (χ0) is 27.3. The molecule has 0 bridgehead atoms. The number of carbonyl (C=O) groups is 2. The molecule has 0 aliphatic rings. The number of hydrogen-bond donors (Lipinski definition) is 1. The van der Waals surface area contributed by atoms with E-state index in [1.165, 1.54) is 24.3 Å². The lowest BCUT2D eigenvalue weighted by atomic mass is 9.94. The van der Waals surface area contributed by atoms with E-state index < -0.39 is 58.8 Å². The van der Waals surface area contributed by atoms with Gasteiger partial charge in [0.2, 0.25) is 5.91 Å². The maximum Gasteiger partial charge on any atom is 0.405 e. The molecule has 0 saturated heterocycles. The fourth-order valence-electron chi connectivity index (χ4n) is 3.30. The Labute approximate surface area is 212 Å². The van der Waals surface area contributed by atoms with Gasteiger partial charge in [0, 0.05) is 18.4 Å². The zero-order valence-electron chi connectivity index (χ0n) is 18.7. The molecular formula is C24H20Cl2F7NO2. The Balaban J connectivity index is 2.21. The molecule has 196 valence electrons. The van der Waals surface area contributed by atoms with Crippen LogP contribution in [-0.4, -0.2) is 30.6 Å². The van der Waals surface area contributed by atoms with Crippen molar-refractivity contribution < 1.29 is 40.3 Å². The highest BCUT2D eigenvalue weighted by Crippen LogP contribution is 2.39. The van der Waals surface area contributed by atoms with Gasteiger partial charge >= 0.3 is 12.4 Å². The van der Waals surface area contributed by atoms with Crippen molar-refractivity contribution in [1.29, 1.82) is 0 Å². The van der Waals surface area contributed by atoms with E-state index in [9.17, 15) is 40.3 Å². The van der Waals surface area contributed by atoms with Crippen LogP contribution >= 0.6 is 23.2 Å². The Bertz CT molecular complexity index is 1120. The van der Waals surface area contributed by atoms with E-state index in [0.29, 0.717) is 17.5 Å². The molecule has 2 aromatic carbocycles. The molecule has 12 heteroatoms. The molecule has 0 radical (unpaired) electrons. The molecule has 36 heavy (non-hydrogen) atoms. The van der Waals surface area contributed by atoms with Gasteiger partial charge in [0.05, 0.1) is 16.0 Å². The second-order valence-electron chi connectivity index (χ2n) is 7.76. The summed E-state index contributed by atoms with van der Waals surface area (Å²) in [5.74, 6) is -4.60. The van der Waals surface area contributed by atoms with Crippen molar-refractivity contribution in [3.63, 3.8) is 0 Å². The quantitative estimate of drug-likeness (QED) is 0.195. The summed E-state index contributed by atoms with van der Waals surface area (Å²) < 4.78 is 91.2. The van der Waals surface area contributed by atoms with Gasteiger partial charge in [-0.3, -0.25) is 9.59 Å². The summed E-state index contributed by atoms with van der Waals surface area (Å²) in [6.45, 7) is 0.202. The maximum absolute atomic E-state index is 13.7. The number of allylic oxidation sites excluding steroid dienone is 1. The van der Waals surface area contributed by atoms with Crippen LogP contribution in [0.4, 0.5) is 30.7 Å². The number of ketones is 1. The summed E-state index contributed by atoms with van der Waals surface area (Å²) in [6, 6.07) is 5.95. The predicted molar refractivity (Wildman–Crippen MR) is 123 cm³/mol. The normalized spacial score (nSPS) is 13.2. The first-order valence-electron chi connectivity index (χ1n) is 10.5. The number of hydrogen-bond acceptors (Lipinski definition) is 2. The summed E-state index contributed by atoms with van der Waals surface area (Å²) in [7, 11) is 0. The van der Waals surface area contributed by atoms with Gasteiger partial charge < -0.3 is 5.32 Å². The third-order valence-electron chi connectivity index (χ3n) is 5.07. The summed E-state index contributed by atoms with van der Waals surface area (Å²) in [6.07, 6.45) is -7.74. The Morgan fingerprint density at radius 3 is 2.14 bits per heavy atom. The standard InChI is InChI=1S/C24H20Cl2F7NO2/c1-2-14-9-13(3-5-16(14)20(35)7-8-21(36)34-12-23(28,29)30)4-6-17(24(31,32)33)15-10-18(25)22(27)19(26)11-15/h3-6,9-11,17H,2,7-8,12H2,1H3,(H,34,36)/b6-4+. The molecule has 0 aromatic heterocycles. The van der Waals surface area contributed by atoms with E-state index >= 15 is 0 Å². The van der Waals surface area contributed by atoms with Gasteiger partial charge in [-0.15, -0.1) is 0 Å². The fourth-order valence-corrected chi connectivity index (χ4v) is 3.81. The summed E-state index contributed by atoms with van der Waals surface area (Å²) in [5, 5.41) is 0.571. The van der Waals surface area contributed by atoms with Gasteiger partial charge in [0.15, 0.2) is 11.6 Å². The third kappa shape index (κ3) is 8.51. The van der Waals surface area contributed by atoms with Crippen molar-refractivity contribution >= 4 is 41.0 Å². The number of benzene rings is 2. The lowest BCUT2D eigenvalue weighted by molar-refractivity contribution is -0.139. The number of alkyl halides is 6. The van der Waals surface area contributed by atoms with Crippen molar-refractivity contribution in [3.05, 3.63) is 74.5 Å². The molecule has 1 atom stereocenters. The topological polar surface area (TPSA) is 46.2 Å². The van der Waals surface area contributed by atoms with Gasteiger partial charge in [0.25, 0.3) is 0 Å². The van der Waals surface area contributed by atoms with Crippen molar-refractivity contribution in [2.75, 3.05) is 6.54 Å². The minimum atomic E-state index is -4.74. The van der Waals surface area contributed by atoms with E-state index in [1.807, 2.05) is 0 Å². The predicted octanol–water partition coefficient (Wildman–Crippen LogP) is 7.70. The van der Waals surface area contributed by atoms with Gasteiger partial charge in [-0.1, -0.05) is 60.5 Å². The Morgan fingerprint density at radius 1 is 1.00 bits per heavy atom. The van der Waals surface area contributed by atoms with Crippen molar-refractivity contribution in [1.82, 2.24) is 5.32 Å². The van der Waals surface area contributed by atoms with Crippen LogP contribution in [-0.2, 0) is 11.2 Å². The van der Waals surface area contributed by atoms with Crippen molar-refractivity contribution in [2.24, 2.45) is 0 Å². The first kappa shape index (κ1) is 29.6. The molecule has 0 saturated carbocycles. The van der Waals surface area contributed by atoms with E-state index in [4.69, 9.17) is 23.2 Å². The molecule has 3 nitrogen and oxygen atoms in total. The van der Waals surface area contributed by atoms with E-state index in [-0.39, 0.29) is 17.5 Å². The summed E-state index contributed by atoms with van der Waals surface area (Å²) >= 11 is 11.3. The molecular weight excluding hydrogens is 538 g/mol. The molecule has 0 aliphatic heterocycles. The summed E-state index contributed by atoms with van der Waals surface area (Å²) in [5.41, 5.74) is 0.665. The van der Waals surface area contributed by atoms with Crippen LogP contribution in [0.15, 0.2) is 36.4 Å². The highest BCUT2D eigenvalue weighted by molar-refractivity contribution is 6.35. The Morgan fingerprint density at radius 2 is 1.61 bits per heavy atom. The average molecular weight is 558 g/mol. The number of aryl methyl sites for hydroxylation is 1. The molecule has 2 aromatic rings. The van der Waals surface area contributed by atoms with Crippen LogP contribution < -0.4 is 5.32 Å². The first-order valence-corrected chi connectivity index (χ1v) is 11.3. The van der Waals surface area contributed by atoms with Crippen molar-refractivity contribution in [3.8, 4) is 0 Å². The number of amides is 1. The highest BCUT2D eigenvalue weighted by atomic mass is 35.5. The minimum absolute atomic E-state index is 0.211. The Hall–Kier alpha value is -2.59. The van der Waals surface area contributed by atoms with Crippen LogP contribution in [0, 0.1) is 5.82 Å². The number of carbonyl (C=O) groups excluding carboxylic acids is 2. The van der Waals surface area contributed by atoms with Crippen molar-refractivity contribution in [2.45, 2.75) is 44.5 Å². The van der Waals surface area contributed by atoms with Crippen LogP contribution in [0.3, 0.4) is 0 Å². The average Bonchev–Trinajstić information content (AvgIpc) is 2.78. The Kier molecular flexibility index (Phi) is 9.96. The lowest BCUT2D eigenvalue weighted by Crippen LogP contribution is -2.33. The SMILES string of the molecule is CCc1cc(/C=C/C(c2cc(Cl)c(F)c(Cl)c2)C(F)(F)F)ccc1C(=O)CCC(=O)NCC(F)(F)F. The van der Waals surface area contributed by atoms with E-state index in [2.05, 4.69) is 0 Å². The number of rotatable bonds is 9. The zero-order valence-corrected chi connectivity index (χ0v) is 20.2. The van der Waals surface area contributed by atoms with E-state index in [1.54, 1.807) is 12.2 Å². The molecule has 0 fully saturated rings. The minimum Gasteiger partial charge on any atom is -0.347 e. The largest absolute Gasteiger partial charge is 0.405 e. The second-order valence-corrected chi connectivity index (χ2v) is 8.58. The smallest absolute Gasteiger partial charge is 0.347 e. The van der Waals surface area contributed by atoms with Gasteiger partial charge in [-0.25, -0.2) is 4.39 Å². The molecule has 1 amide bonds. The van der Waals surface area contributed by atoms with Crippen LogP contribution in [0.1, 0.15) is 52.7 Å². The molecule has 0 heterocycles. The molecule has 0 aliphatic carbocycles. The summed E-state index contributed by atoms with van der Waals surface area (Å²) in [4.78, 5) is 24.0. The first-order chi connectivity index (χ1) is 16.6. The number of Topliss-reactive ketones (excluding diaryl/α,β-unsaturated/α-hetero) is 1. The van der Waals surface area contributed by atoms with Crippen LogP contribution in [0.25, 0.3) is 6.08 Å².